The van der Waals surface area contributed by atoms with E-state index in [2.05, 4.69) is 5.32 Å². The Kier molecular flexibility index (Phi) is 4.99. The monoisotopic (exact) mass is 317 g/mol. The van der Waals surface area contributed by atoms with Gasteiger partial charge >= 0.3 is 13.1 Å². The summed E-state index contributed by atoms with van der Waals surface area (Å²) in [7, 11) is 1.33. The van der Waals surface area contributed by atoms with E-state index in [1.54, 1.807) is 18.2 Å². The van der Waals surface area contributed by atoms with Gasteiger partial charge in [-0.25, -0.2) is 4.79 Å². The van der Waals surface area contributed by atoms with Gasteiger partial charge in [0, 0.05) is 6.54 Å². The fourth-order valence-electron chi connectivity index (χ4n) is 2.42. The van der Waals surface area contributed by atoms with Crippen LogP contribution in [0.3, 0.4) is 0 Å². The van der Waals surface area contributed by atoms with E-state index in [0.29, 0.717) is 12.1 Å². The third kappa shape index (κ3) is 3.66. The van der Waals surface area contributed by atoms with E-state index in [-0.39, 0.29) is 5.56 Å². The predicted octanol–water partition coefficient (Wildman–Crippen LogP) is 2.62. The first kappa shape index (κ1) is 17.7. The minimum absolute atomic E-state index is 0.262. The number of aromatic carboxylic acids is 1. The van der Waals surface area contributed by atoms with Gasteiger partial charge < -0.3 is 19.7 Å². The second-order valence-corrected chi connectivity index (χ2v) is 6.73. The topological polar surface area (TPSA) is 67.8 Å². The van der Waals surface area contributed by atoms with Gasteiger partial charge in [-0.3, -0.25) is 0 Å². The van der Waals surface area contributed by atoms with Crippen molar-refractivity contribution >= 4 is 19.2 Å². The Balaban J connectivity index is 2.39. The Bertz CT molecular complexity index is 609. The first-order valence-corrected chi connectivity index (χ1v) is 7.71. The summed E-state index contributed by atoms with van der Waals surface area (Å²) in [5, 5.41) is 12.4. The second-order valence-electron chi connectivity index (χ2n) is 6.73. The molecule has 0 amide bonds. The number of carboxylic acid groups (broad SMARTS) is 1. The van der Waals surface area contributed by atoms with Crippen LogP contribution >= 0.6 is 0 Å². The Hall–Kier alpha value is -1.63. The Morgan fingerprint density at radius 3 is 2.30 bits per heavy atom. The van der Waals surface area contributed by atoms with Crippen molar-refractivity contribution < 1.29 is 19.2 Å². The van der Waals surface area contributed by atoms with Gasteiger partial charge in [0.2, 0.25) is 0 Å². The lowest BCUT2D eigenvalue weighted by molar-refractivity contribution is 0.00578. The van der Waals surface area contributed by atoms with Gasteiger partial charge in [0.05, 0.1) is 16.8 Å². The summed E-state index contributed by atoms with van der Waals surface area (Å²) in [5.74, 6) is -0.949. The summed E-state index contributed by atoms with van der Waals surface area (Å²) in [6, 6.07) is 6.91. The zero-order valence-electron chi connectivity index (χ0n) is 14.3. The van der Waals surface area contributed by atoms with Crippen LogP contribution < -0.4 is 5.32 Å². The molecule has 0 atom stereocenters. The molecule has 1 fully saturated rings. The largest absolute Gasteiger partial charge is 0.491 e. The maximum Gasteiger partial charge on any atom is 0.491 e. The van der Waals surface area contributed by atoms with Gasteiger partial charge in [-0.05, 0) is 51.8 Å². The third-order valence-electron chi connectivity index (χ3n) is 4.47. The molecule has 0 spiro atoms. The quantitative estimate of drug-likeness (QED) is 0.817. The van der Waals surface area contributed by atoms with Crippen LogP contribution in [0.5, 0.6) is 0 Å². The molecule has 0 bridgehead atoms. The van der Waals surface area contributed by atoms with Crippen molar-refractivity contribution in [2.45, 2.75) is 38.9 Å². The Morgan fingerprint density at radius 1 is 1.22 bits per heavy atom. The SMILES string of the molecule is CNCC(=Cc1ccccc1C(=O)O)B1OC(C)(C)C(C)(C)O1. The molecule has 2 rings (SSSR count). The lowest BCUT2D eigenvalue weighted by atomic mass is 9.76. The van der Waals surface area contributed by atoms with E-state index in [9.17, 15) is 9.90 Å². The van der Waals surface area contributed by atoms with Crippen LogP contribution in [0.1, 0.15) is 43.6 Å². The Morgan fingerprint density at radius 2 is 1.78 bits per heavy atom. The van der Waals surface area contributed by atoms with E-state index in [0.717, 1.165) is 5.47 Å². The maximum absolute atomic E-state index is 11.4. The van der Waals surface area contributed by atoms with Crippen LogP contribution in [0.2, 0.25) is 0 Å². The van der Waals surface area contributed by atoms with Crippen LogP contribution in [-0.2, 0) is 9.31 Å². The first-order valence-electron chi connectivity index (χ1n) is 7.71. The minimum Gasteiger partial charge on any atom is -0.478 e. The summed E-state index contributed by atoms with van der Waals surface area (Å²) in [6.45, 7) is 8.53. The number of benzene rings is 1. The molecule has 0 aromatic heterocycles. The van der Waals surface area contributed by atoms with Crippen molar-refractivity contribution in [2.75, 3.05) is 13.6 Å². The minimum atomic E-state index is -0.949. The molecule has 23 heavy (non-hydrogen) atoms. The highest BCUT2D eigenvalue weighted by atomic mass is 16.7. The van der Waals surface area contributed by atoms with Crippen molar-refractivity contribution in [3.8, 4) is 0 Å². The van der Waals surface area contributed by atoms with Crippen LogP contribution in [0.4, 0.5) is 0 Å². The fraction of sp³-hybridized carbons (Fsp3) is 0.471. The number of likely N-dealkylation sites (N-methyl/N-ethyl adjacent to an activating group) is 1. The normalized spacial score (nSPS) is 19.9. The van der Waals surface area contributed by atoms with Gasteiger partial charge in [-0.15, -0.1) is 0 Å². The molecule has 1 heterocycles. The molecule has 0 saturated carbocycles. The number of carbonyl (C=O) groups is 1. The molecule has 1 saturated heterocycles. The molecule has 1 aromatic rings. The lowest BCUT2D eigenvalue weighted by Gasteiger charge is -2.32. The molecule has 1 aromatic carbocycles. The van der Waals surface area contributed by atoms with Gasteiger partial charge in [0.25, 0.3) is 0 Å². The second kappa shape index (κ2) is 6.47. The molecule has 124 valence electrons. The summed E-state index contributed by atoms with van der Waals surface area (Å²) in [4.78, 5) is 11.4. The van der Waals surface area contributed by atoms with E-state index in [4.69, 9.17) is 9.31 Å². The highest BCUT2D eigenvalue weighted by Crippen LogP contribution is 2.38. The molecular weight excluding hydrogens is 293 g/mol. The molecule has 0 radical (unpaired) electrons. The standard InChI is InChI=1S/C17H24BNO4/c1-16(2)17(3,4)23-18(22-16)13(11-19-5)10-12-8-6-7-9-14(12)15(20)21/h6-10,19H,11H2,1-5H3,(H,20,21). The summed E-state index contributed by atoms with van der Waals surface area (Å²) in [5.41, 5.74) is 0.894. The average molecular weight is 317 g/mol. The van der Waals surface area contributed by atoms with Crippen molar-refractivity contribution in [1.29, 1.82) is 0 Å². The van der Waals surface area contributed by atoms with Crippen molar-refractivity contribution in [1.82, 2.24) is 5.32 Å². The zero-order valence-corrected chi connectivity index (χ0v) is 14.3. The molecular formula is C17H24BNO4. The van der Waals surface area contributed by atoms with Gasteiger partial charge in [0.1, 0.15) is 0 Å². The van der Waals surface area contributed by atoms with Gasteiger partial charge in [-0.2, -0.15) is 0 Å². The van der Waals surface area contributed by atoms with Crippen LogP contribution in [0.25, 0.3) is 6.08 Å². The lowest BCUT2D eigenvalue weighted by Crippen LogP contribution is -2.41. The van der Waals surface area contributed by atoms with Crippen LogP contribution in [0.15, 0.2) is 29.7 Å². The predicted molar refractivity (Wildman–Crippen MR) is 91.4 cm³/mol. The molecule has 1 aliphatic heterocycles. The highest BCUT2D eigenvalue weighted by Gasteiger charge is 2.52. The molecule has 0 unspecified atom stereocenters. The zero-order chi connectivity index (χ0) is 17.3. The average Bonchev–Trinajstić information content (AvgIpc) is 2.67. The van der Waals surface area contributed by atoms with E-state index >= 15 is 0 Å². The molecule has 1 aliphatic rings. The Labute approximate surface area is 137 Å². The van der Waals surface area contributed by atoms with E-state index in [1.807, 2.05) is 46.9 Å². The van der Waals surface area contributed by atoms with Gasteiger partial charge in [-0.1, -0.05) is 24.3 Å². The number of carboxylic acids is 1. The molecule has 2 N–H and O–H groups in total. The van der Waals surface area contributed by atoms with Crippen molar-refractivity contribution in [3.05, 3.63) is 40.9 Å². The summed E-state index contributed by atoms with van der Waals surface area (Å²) in [6.07, 6.45) is 1.84. The summed E-state index contributed by atoms with van der Waals surface area (Å²) >= 11 is 0. The highest BCUT2D eigenvalue weighted by molar-refractivity contribution is 6.56. The third-order valence-corrected chi connectivity index (χ3v) is 4.47. The molecule has 5 nitrogen and oxygen atoms in total. The number of nitrogens with one attached hydrogen (secondary N) is 1. The number of rotatable bonds is 5. The van der Waals surface area contributed by atoms with Crippen molar-refractivity contribution in [3.63, 3.8) is 0 Å². The summed E-state index contributed by atoms with van der Waals surface area (Å²) < 4.78 is 12.1. The molecule has 0 aliphatic carbocycles. The van der Waals surface area contributed by atoms with Crippen molar-refractivity contribution in [2.24, 2.45) is 0 Å². The van der Waals surface area contributed by atoms with Crippen LogP contribution in [0, 0.1) is 0 Å². The molecule has 6 heteroatoms. The van der Waals surface area contributed by atoms with E-state index < -0.39 is 24.3 Å². The van der Waals surface area contributed by atoms with Crippen LogP contribution in [-0.4, -0.2) is 43.0 Å². The smallest absolute Gasteiger partial charge is 0.478 e. The first-order chi connectivity index (χ1) is 10.7. The fourth-order valence-corrected chi connectivity index (χ4v) is 2.42. The number of hydrogen-bond donors (Lipinski definition) is 2. The number of hydrogen-bond acceptors (Lipinski definition) is 4. The van der Waals surface area contributed by atoms with Gasteiger partial charge in [0.15, 0.2) is 0 Å². The maximum atomic E-state index is 11.4. The van der Waals surface area contributed by atoms with E-state index in [1.165, 1.54) is 0 Å².